The minimum atomic E-state index is -0.641. The molecule has 2 spiro atoms. The van der Waals surface area contributed by atoms with E-state index in [4.69, 9.17) is 0 Å². The number of halogens is 2. The van der Waals surface area contributed by atoms with Crippen LogP contribution in [0.15, 0.2) is 349 Å². The largest absolute Gasteiger partial charge is 0.356 e. The molecule has 6 aliphatic carbocycles. The first-order valence-electron chi connectivity index (χ1n) is 47.7. The number of rotatable bonds is 8. The number of fused-ring (bicyclic) bond motifs is 28. The Labute approximate surface area is 808 Å². The maximum atomic E-state index is 4.08. The molecule has 0 radical (unpaired) electrons. The molecule has 0 aromatic heterocycles. The zero-order valence-corrected chi connectivity index (χ0v) is 84.7. The molecular weight excluding hydrogens is 1740 g/mol. The molecule has 16 aromatic rings. The molecule has 664 valence electrons. The summed E-state index contributed by atoms with van der Waals surface area (Å²) >= 11 is 7.92. The Morgan fingerprint density at radius 3 is 0.827 bits per heavy atom. The number of hydrogen-bond acceptors (Lipinski definition) is 3. The molecule has 3 nitrogen and oxygen atoms in total. The topological polar surface area (TPSA) is 18.5 Å². The monoisotopic (exact) mass is 1860 g/mol. The fraction of sp³-hybridized carbons (Fsp3) is 0.250. The fourth-order valence-corrected chi connectivity index (χ4v) is 24.0. The standard InChI is InChI=1S/C74H74N2.C34H22Br2.C20H27N/c1-69(2,3)47-27-35-51(36-28-47)75(52-37-29-48(30-38-52)70(4,5)6)55-43-44-59-63(45-55)74(61-25-19-15-21-56(61)57-22-16-20-26-62(57)74)64-46-65(67-58-23-17-18-24-60(58)73(13,14)68(67)66(59)64)76(53-39-31-49(32-40-53)71(7,8)9)54-41-33-50(34-42-54)72(10,11)12;1-33(2)24-12-6-5-11-22(24)31-29(36)18-28-30(32(31)33)23-16-15-19(35)17-27(23)34(28)25-13-7-3-9-20(25)21-10-4-8-14-26(21)34;1-19(2,3)15-7-11-17(12-8-15)21-18-13-9-16(10-14-18)20(4,5)6/h15-46H,1-14H3;3-18H,1-2H3;7-14,21H,1-6H3. The van der Waals surface area contributed by atoms with Gasteiger partial charge in [-0.1, -0.05) is 415 Å². The lowest BCUT2D eigenvalue weighted by atomic mass is 9.69. The predicted octanol–water partition coefficient (Wildman–Crippen LogP) is 36.4. The van der Waals surface area contributed by atoms with Crippen LogP contribution in [0.5, 0.6) is 0 Å². The molecule has 0 heterocycles. The van der Waals surface area contributed by atoms with Crippen LogP contribution in [0.25, 0.3) is 66.8 Å². The molecule has 0 bridgehead atoms. The Bertz CT molecular complexity index is 7040. The Hall–Kier alpha value is -12.1. The third-order valence-corrected chi connectivity index (χ3v) is 31.0. The van der Waals surface area contributed by atoms with Crippen molar-refractivity contribution < 1.29 is 0 Å². The number of anilines is 8. The van der Waals surface area contributed by atoms with Crippen molar-refractivity contribution in [3.05, 3.63) is 449 Å². The van der Waals surface area contributed by atoms with Gasteiger partial charge in [0.2, 0.25) is 0 Å². The predicted molar refractivity (Wildman–Crippen MR) is 574 cm³/mol. The van der Waals surface area contributed by atoms with Crippen LogP contribution in [-0.2, 0) is 54.1 Å². The van der Waals surface area contributed by atoms with Gasteiger partial charge < -0.3 is 15.1 Å². The van der Waals surface area contributed by atoms with E-state index >= 15 is 0 Å². The summed E-state index contributed by atoms with van der Waals surface area (Å²) in [5, 5.41) is 3.46. The molecule has 133 heavy (non-hydrogen) atoms. The fourth-order valence-electron chi connectivity index (χ4n) is 22.9. The second-order valence-electron chi connectivity index (χ2n) is 45.2. The van der Waals surface area contributed by atoms with Crippen molar-refractivity contribution >= 4 is 77.4 Å². The highest BCUT2D eigenvalue weighted by molar-refractivity contribution is 9.10. The first kappa shape index (κ1) is 88.8. The zero-order chi connectivity index (χ0) is 93.6. The normalized spacial score (nSPS) is 14.7. The third-order valence-electron chi connectivity index (χ3n) is 29.9. The Kier molecular flexibility index (Phi) is 21.2. The van der Waals surface area contributed by atoms with Crippen LogP contribution in [0, 0.1) is 0 Å². The van der Waals surface area contributed by atoms with Gasteiger partial charge in [0.05, 0.1) is 16.5 Å². The Balaban J connectivity index is 0.000000157. The van der Waals surface area contributed by atoms with Gasteiger partial charge >= 0.3 is 0 Å². The molecule has 5 heteroatoms. The second kappa shape index (κ2) is 31.8. The van der Waals surface area contributed by atoms with Gasteiger partial charge in [-0.3, -0.25) is 0 Å². The quantitative estimate of drug-likeness (QED) is 0.164. The summed E-state index contributed by atoms with van der Waals surface area (Å²) in [5.41, 5.74) is 48.6. The second-order valence-corrected chi connectivity index (χ2v) is 47.0. The molecule has 0 amide bonds. The summed E-state index contributed by atoms with van der Waals surface area (Å²) in [7, 11) is 0. The SMILES string of the molecule is CC(C)(C)c1ccc(N(c2ccc(C(C)(C)C)cc2)c2ccc3c(c2)C2(c4ccccc4-c4ccccc42)c2cc(N(c4ccc(C(C)(C)C)cc4)c4ccc(C(C)(C)C)cc4)c4c(c2-3)C(C)(C)c2ccccc2-4)cc1.CC(C)(C)c1ccc(Nc2ccc(C(C)(C)C)cc2)cc1.CC1(C)c2ccccc2-c2c(Br)cc3c(c21)-c1ccc(Br)cc1C31c2ccccc2-c2ccccc21. The Morgan fingerprint density at radius 1 is 0.218 bits per heavy atom. The van der Waals surface area contributed by atoms with E-state index in [-0.39, 0.29) is 48.7 Å². The number of benzene rings is 16. The van der Waals surface area contributed by atoms with Crippen LogP contribution < -0.4 is 15.1 Å². The van der Waals surface area contributed by atoms with Crippen molar-refractivity contribution in [2.45, 2.75) is 206 Å². The van der Waals surface area contributed by atoms with E-state index in [0.717, 1.165) is 44.3 Å². The van der Waals surface area contributed by atoms with Gasteiger partial charge in [-0.2, -0.15) is 0 Å². The molecule has 0 unspecified atom stereocenters. The molecule has 6 aliphatic rings. The Morgan fingerprint density at radius 2 is 0.481 bits per heavy atom. The van der Waals surface area contributed by atoms with Crippen molar-refractivity contribution in [2.24, 2.45) is 0 Å². The molecule has 22 rings (SSSR count). The van der Waals surface area contributed by atoms with Crippen LogP contribution in [0.1, 0.15) is 252 Å². The van der Waals surface area contributed by atoms with Crippen LogP contribution in [0.3, 0.4) is 0 Å². The van der Waals surface area contributed by atoms with Crippen molar-refractivity contribution in [2.75, 3.05) is 15.1 Å². The van der Waals surface area contributed by atoms with E-state index in [1.165, 1.54) is 177 Å². The van der Waals surface area contributed by atoms with Gasteiger partial charge in [-0.25, -0.2) is 0 Å². The van der Waals surface area contributed by atoms with Gasteiger partial charge in [0, 0.05) is 70.7 Å². The molecule has 0 atom stereocenters. The van der Waals surface area contributed by atoms with E-state index in [1.54, 1.807) is 0 Å². The lowest BCUT2D eigenvalue weighted by Gasteiger charge is -2.35. The smallest absolute Gasteiger partial charge is 0.0727 e. The van der Waals surface area contributed by atoms with Crippen molar-refractivity contribution in [3.63, 3.8) is 0 Å². The first-order valence-corrected chi connectivity index (χ1v) is 49.3. The summed E-state index contributed by atoms with van der Waals surface area (Å²) in [5.74, 6) is 0. The van der Waals surface area contributed by atoms with Crippen molar-refractivity contribution in [1.29, 1.82) is 0 Å². The minimum Gasteiger partial charge on any atom is -0.356 e. The van der Waals surface area contributed by atoms with E-state index in [9.17, 15) is 0 Å². The summed E-state index contributed by atoms with van der Waals surface area (Å²) in [4.78, 5) is 5.07. The lowest BCUT2D eigenvalue weighted by Crippen LogP contribution is -2.27. The minimum absolute atomic E-state index is 0.0110. The van der Waals surface area contributed by atoms with E-state index in [0.29, 0.717) is 0 Å². The number of hydrogen-bond donors (Lipinski definition) is 1. The van der Waals surface area contributed by atoms with Crippen LogP contribution in [0.2, 0.25) is 0 Å². The average molecular weight is 1860 g/mol. The van der Waals surface area contributed by atoms with Crippen molar-refractivity contribution in [3.8, 4) is 66.8 Å². The average Bonchev–Trinajstić information content (AvgIpc) is 1.50. The van der Waals surface area contributed by atoms with Crippen LogP contribution in [0.4, 0.5) is 45.5 Å². The molecule has 16 aromatic carbocycles. The van der Waals surface area contributed by atoms with Crippen molar-refractivity contribution in [1.82, 2.24) is 0 Å². The number of nitrogens with one attached hydrogen (secondary N) is 1. The van der Waals surface area contributed by atoms with Crippen LogP contribution >= 0.6 is 31.9 Å². The van der Waals surface area contributed by atoms with Gasteiger partial charge in [0.25, 0.3) is 0 Å². The van der Waals surface area contributed by atoms with Gasteiger partial charge in [0.15, 0.2) is 0 Å². The summed E-state index contributed by atoms with van der Waals surface area (Å²) in [6.45, 7) is 50.8. The lowest BCUT2D eigenvalue weighted by molar-refractivity contribution is 0.590. The highest BCUT2D eigenvalue weighted by Crippen LogP contribution is 2.71. The highest BCUT2D eigenvalue weighted by atomic mass is 79.9. The maximum absolute atomic E-state index is 4.08. The molecule has 0 saturated carbocycles. The van der Waals surface area contributed by atoms with Crippen LogP contribution in [-0.4, -0.2) is 0 Å². The first-order chi connectivity index (χ1) is 63.1. The van der Waals surface area contributed by atoms with E-state index in [2.05, 4.69) is 539 Å². The summed E-state index contributed by atoms with van der Waals surface area (Å²) < 4.78 is 2.30. The highest BCUT2D eigenvalue weighted by Gasteiger charge is 2.58. The molecule has 0 aliphatic heterocycles. The summed E-state index contributed by atoms with van der Waals surface area (Å²) in [6.07, 6.45) is 0. The van der Waals surface area contributed by atoms with Gasteiger partial charge in [0.1, 0.15) is 0 Å². The third kappa shape index (κ3) is 14.4. The molecular formula is C128H123Br2N3. The van der Waals surface area contributed by atoms with E-state index in [1.807, 2.05) is 0 Å². The van der Waals surface area contributed by atoms with Gasteiger partial charge in [-0.15, -0.1) is 0 Å². The molecule has 0 saturated heterocycles. The molecule has 0 fully saturated rings. The molecule has 1 N–H and O–H groups in total. The zero-order valence-electron chi connectivity index (χ0n) is 81.5. The van der Waals surface area contributed by atoms with E-state index < -0.39 is 5.41 Å². The summed E-state index contributed by atoms with van der Waals surface area (Å²) in [6, 6.07) is 129. The van der Waals surface area contributed by atoms with Gasteiger partial charge in [-0.05, 0) is 297 Å². The number of nitrogens with zero attached hydrogens (tertiary/aromatic N) is 2. The maximum Gasteiger partial charge on any atom is 0.0727 e.